The number of benzene rings is 1. The molecule has 8 heteroatoms. The van der Waals surface area contributed by atoms with E-state index in [9.17, 15) is 9.90 Å². The highest BCUT2D eigenvalue weighted by molar-refractivity contribution is 5.92. The molecule has 1 amide bonds. The summed E-state index contributed by atoms with van der Waals surface area (Å²) >= 11 is 0. The summed E-state index contributed by atoms with van der Waals surface area (Å²) in [4.78, 5) is 14.7. The van der Waals surface area contributed by atoms with Gasteiger partial charge in [0.05, 0.1) is 6.10 Å². The number of fused-ring (bicyclic) bond motifs is 2. The van der Waals surface area contributed by atoms with Crippen molar-refractivity contribution in [2.75, 3.05) is 19.9 Å². The Morgan fingerprint density at radius 1 is 1.18 bits per heavy atom. The fourth-order valence-corrected chi connectivity index (χ4v) is 4.55. The zero-order valence-corrected chi connectivity index (χ0v) is 15.7. The number of hydrogen-bond donors (Lipinski definition) is 1. The number of rotatable bonds is 3. The van der Waals surface area contributed by atoms with Crippen LogP contribution in [0.15, 0.2) is 30.5 Å². The summed E-state index contributed by atoms with van der Waals surface area (Å²) in [6.45, 7) is 1.57. The molecule has 4 atom stereocenters. The minimum Gasteiger partial charge on any atom is -0.488 e. The third-order valence-corrected chi connectivity index (χ3v) is 6.04. The van der Waals surface area contributed by atoms with Gasteiger partial charge in [-0.1, -0.05) is 0 Å². The lowest BCUT2D eigenvalue weighted by atomic mass is 9.78. The lowest BCUT2D eigenvalue weighted by Gasteiger charge is -2.35. The van der Waals surface area contributed by atoms with E-state index in [0.29, 0.717) is 54.3 Å². The molecule has 0 spiro atoms. The molecule has 0 unspecified atom stereocenters. The van der Waals surface area contributed by atoms with E-state index in [1.165, 1.54) is 0 Å². The van der Waals surface area contributed by atoms with E-state index in [1.54, 1.807) is 30.1 Å². The van der Waals surface area contributed by atoms with E-state index in [1.807, 2.05) is 17.0 Å². The predicted molar refractivity (Wildman–Crippen MR) is 98.3 cm³/mol. The van der Waals surface area contributed by atoms with Gasteiger partial charge in [-0.3, -0.25) is 9.48 Å². The predicted octanol–water partition coefficient (Wildman–Crippen LogP) is 1.44. The number of aromatic nitrogens is 2. The number of ether oxygens (including phenoxy) is 3. The number of carbonyl (C=O) groups excluding carboxylic acids is 1. The first-order valence-corrected chi connectivity index (χ1v) is 9.60. The molecule has 2 aromatic rings. The summed E-state index contributed by atoms with van der Waals surface area (Å²) in [7, 11) is 1.77. The molecular weight excluding hydrogens is 362 g/mol. The highest BCUT2D eigenvalue weighted by Crippen LogP contribution is 2.40. The molecule has 3 aliphatic rings. The topological polar surface area (TPSA) is 86.1 Å². The zero-order chi connectivity index (χ0) is 19.3. The summed E-state index contributed by atoms with van der Waals surface area (Å²) in [6.07, 6.45) is 2.13. The van der Waals surface area contributed by atoms with Gasteiger partial charge in [-0.25, -0.2) is 0 Å². The molecule has 3 heterocycles. The number of likely N-dealkylation sites (tertiary alicyclic amines) is 1. The van der Waals surface area contributed by atoms with Crippen LogP contribution in [-0.4, -0.2) is 57.8 Å². The number of aliphatic hydroxyl groups excluding tert-OH is 1. The molecular formula is C20H23N3O5. The summed E-state index contributed by atoms with van der Waals surface area (Å²) in [6, 6.07) is 7.19. The molecule has 0 radical (unpaired) electrons. The summed E-state index contributed by atoms with van der Waals surface area (Å²) in [5, 5.41) is 14.7. The summed E-state index contributed by atoms with van der Waals surface area (Å²) < 4.78 is 18.4. The van der Waals surface area contributed by atoms with Gasteiger partial charge in [0.15, 0.2) is 11.5 Å². The maximum Gasteiger partial charge on any atom is 0.272 e. The molecule has 8 nitrogen and oxygen atoms in total. The van der Waals surface area contributed by atoms with Crippen molar-refractivity contribution in [1.29, 1.82) is 0 Å². The minimum absolute atomic E-state index is 0.00266. The van der Waals surface area contributed by atoms with Crippen molar-refractivity contribution in [3.05, 3.63) is 36.2 Å². The van der Waals surface area contributed by atoms with Gasteiger partial charge in [0.25, 0.3) is 5.91 Å². The van der Waals surface area contributed by atoms with E-state index in [2.05, 4.69) is 5.10 Å². The zero-order valence-electron chi connectivity index (χ0n) is 15.7. The van der Waals surface area contributed by atoms with Crippen LogP contribution in [0.25, 0.3) is 0 Å². The van der Waals surface area contributed by atoms with Gasteiger partial charge in [-0.15, -0.1) is 0 Å². The Morgan fingerprint density at radius 2 is 1.96 bits per heavy atom. The third-order valence-electron chi connectivity index (χ3n) is 6.04. The SMILES string of the molecule is Cn1nccc1C(=O)N1C[C@H]2C[C@@H](Oc3ccc4c(c3)OCO4)[C@H](O)C[C@H]2C1. The molecule has 1 aromatic heterocycles. The Bertz CT molecular complexity index is 898. The van der Waals surface area contributed by atoms with Gasteiger partial charge in [-0.05, 0) is 42.9 Å². The van der Waals surface area contributed by atoms with Crippen LogP contribution in [0.4, 0.5) is 0 Å². The average Bonchev–Trinajstić information content (AvgIpc) is 3.40. The Hall–Kier alpha value is -2.74. The van der Waals surface area contributed by atoms with Crippen molar-refractivity contribution in [3.63, 3.8) is 0 Å². The lowest BCUT2D eigenvalue weighted by molar-refractivity contribution is -0.0232. The number of nitrogens with zero attached hydrogens (tertiary/aromatic N) is 3. The van der Waals surface area contributed by atoms with Gasteiger partial charge in [0.2, 0.25) is 6.79 Å². The Labute approximate surface area is 162 Å². The second-order valence-corrected chi connectivity index (χ2v) is 7.78. The molecule has 0 bridgehead atoms. The molecule has 1 saturated heterocycles. The van der Waals surface area contributed by atoms with E-state index in [4.69, 9.17) is 14.2 Å². The van der Waals surface area contributed by atoms with Gasteiger partial charge in [-0.2, -0.15) is 5.10 Å². The second-order valence-electron chi connectivity index (χ2n) is 7.78. The Kier molecular flexibility index (Phi) is 4.16. The van der Waals surface area contributed by atoms with Gasteiger partial charge in [0, 0.05) is 32.4 Å². The van der Waals surface area contributed by atoms with Gasteiger partial charge >= 0.3 is 0 Å². The monoisotopic (exact) mass is 385 g/mol. The Morgan fingerprint density at radius 3 is 2.75 bits per heavy atom. The van der Waals surface area contributed by atoms with E-state index in [-0.39, 0.29) is 18.8 Å². The van der Waals surface area contributed by atoms with Crippen LogP contribution >= 0.6 is 0 Å². The third kappa shape index (κ3) is 2.97. The van der Waals surface area contributed by atoms with Crippen molar-refractivity contribution in [3.8, 4) is 17.2 Å². The van der Waals surface area contributed by atoms with Crippen LogP contribution in [0.3, 0.4) is 0 Å². The fraction of sp³-hybridized carbons (Fsp3) is 0.500. The Balaban J connectivity index is 1.26. The molecule has 5 rings (SSSR count). The van der Waals surface area contributed by atoms with Crippen LogP contribution in [0.1, 0.15) is 23.3 Å². The van der Waals surface area contributed by atoms with Crippen molar-refractivity contribution < 1.29 is 24.1 Å². The maximum absolute atomic E-state index is 12.8. The standard InChI is InChI=1S/C20H23N3O5/c1-22-15(4-5-21-22)20(25)23-9-12-6-16(24)18(7-13(12)10-23)28-14-2-3-17-19(8-14)27-11-26-17/h2-5,8,12-13,16,18,24H,6-7,9-11H2,1H3/t12-,13+,16+,18+/m0/s1. The number of amides is 1. The van der Waals surface area contributed by atoms with Gasteiger partial charge < -0.3 is 24.2 Å². The van der Waals surface area contributed by atoms with E-state index < -0.39 is 6.10 Å². The molecule has 2 aliphatic heterocycles. The lowest BCUT2D eigenvalue weighted by Crippen LogP contribution is -2.42. The quantitative estimate of drug-likeness (QED) is 0.861. The number of aryl methyl sites for hydroxylation is 1. The van der Waals surface area contributed by atoms with Crippen LogP contribution < -0.4 is 14.2 Å². The van der Waals surface area contributed by atoms with Crippen molar-refractivity contribution in [2.45, 2.75) is 25.0 Å². The van der Waals surface area contributed by atoms with Gasteiger partial charge in [0.1, 0.15) is 17.5 Å². The number of carbonyl (C=O) groups is 1. The van der Waals surface area contributed by atoms with Crippen molar-refractivity contribution in [2.24, 2.45) is 18.9 Å². The first-order chi connectivity index (χ1) is 13.6. The molecule has 1 saturated carbocycles. The molecule has 1 aliphatic carbocycles. The fourth-order valence-electron chi connectivity index (χ4n) is 4.55. The first kappa shape index (κ1) is 17.4. The first-order valence-electron chi connectivity index (χ1n) is 9.60. The van der Waals surface area contributed by atoms with Crippen molar-refractivity contribution in [1.82, 2.24) is 14.7 Å². The highest BCUT2D eigenvalue weighted by atomic mass is 16.7. The molecule has 2 fully saturated rings. The molecule has 1 aromatic carbocycles. The molecule has 28 heavy (non-hydrogen) atoms. The highest BCUT2D eigenvalue weighted by Gasteiger charge is 2.44. The van der Waals surface area contributed by atoms with Crippen molar-refractivity contribution >= 4 is 5.91 Å². The van der Waals surface area contributed by atoms with Crippen LogP contribution in [0.5, 0.6) is 17.2 Å². The molecule has 148 valence electrons. The second kappa shape index (κ2) is 6.70. The van der Waals surface area contributed by atoms with Crippen LogP contribution in [0, 0.1) is 11.8 Å². The maximum atomic E-state index is 12.8. The minimum atomic E-state index is -0.557. The number of hydrogen-bond acceptors (Lipinski definition) is 6. The van der Waals surface area contributed by atoms with Crippen LogP contribution in [0.2, 0.25) is 0 Å². The largest absolute Gasteiger partial charge is 0.488 e. The van der Waals surface area contributed by atoms with E-state index >= 15 is 0 Å². The summed E-state index contributed by atoms with van der Waals surface area (Å²) in [5.41, 5.74) is 0.590. The average molecular weight is 385 g/mol. The van der Waals surface area contributed by atoms with Crippen LogP contribution in [-0.2, 0) is 7.05 Å². The molecule has 1 N–H and O–H groups in total. The summed E-state index contributed by atoms with van der Waals surface area (Å²) in [5.74, 6) is 2.64. The van der Waals surface area contributed by atoms with E-state index in [0.717, 1.165) is 6.42 Å². The number of aliphatic hydroxyl groups is 1. The normalized spacial score (nSPS) is 28.3. The smallest absolute Gasteiger partial charge is 0.272 e.